The van der Waals surface area contributed by atoms with E-state index in [0.29, 0.717) is 0 Å². The molecule has 1 fully saturated rings. The summed E-state index contributed by atoms with van der Waals surface area (Å²) >= 11 is 0. The molecule has 5 heterocycles. The molecule has 0 amide bonds. The number of nitrogens with zero attached hydrogens (tertiary/aromatic N) is 9. The Kier molecular flexibility index (Phi) is 4.04. The topological polar surface area (TPSA) is 88.8 Å². The molecule has 0 unspecified atom stereocenters. The first-order chi connectivity index (χ1) is 13.8. The molecule has 1 aliphatic heterocycles. The maximum atomic E-state index is 4.78. The molecule has 28 heavy (non-hydrogen) atoms. The lowest BCUT2D eigenvalue weighted by molar-refractivity contribution is 0.642. The smallest absolute Gasteiger partial charge is 0.164 e. The van der Waals surface area contributed by atoms with Gasteiger partial charge < -0.3 is 9.80 Å². The van der Waals surface area contributed by atoms with E-state index in [1.165, 1.54) is 0 Å². The Balaban J connectivity index is 1.35. The molecule has 9 heteroatoms. The first-order valence-corrected chi connectivity index (χ1v) is 9.14. The monoisotopic (exact) mass is 373 g/mol. The Morgan fingerprint density at radius 3 is 2.61 bits per heavy atom. The first kappa shape index (κ1) is 16.5. The third-order valence-electron chi connectivity index (χ3n) is 4.91. The molecular formula is C19H19N9. The predicted octanol–water partition coefficient (Wildman–Crippen LogP) is 1.54. The number of anilines is 2. The third-order valence-corrected chi connectivity index (χ3v) is 4.91. The van der Waals surface area contributed by atoms with Crippen LogP contribution in [0, 0.1) is 0 Å². The van der Waals surface area contributed by atoms with Gasteiger partial charge in [0.15, 0.2) is 5.65 Å². The van der Waals surface area contributed by atoms with Crippen molar-refractivity contribution in [3.63, 3.8) is 0 Å². The zero-order valence-corrected chi connectivity index (χ0v) is 15.5. The van der Waals surface area contributed by atoms with Crippen molar-refractivity contribution >= 4 is 22.7 Å². The minimum absolute atomic E-state index is 0.727. The van der Waals surface area contributed by atoms with Crippen LogP contribution in [0.4, 0.5) is 11.6 Å². The summed E-state index contributed by atoms with van der Waals surface area (Å²) in [7, 11) is 1.90. The number of aromatic nitrogens is 7. The molecule has 0 saturated carbocycles. The fourth-order valence-electron chi connectivity index (χ4n) is 3.48. The van der Waals surface area contributed by atoms with Crippen molar-refractivity contribution in [2.45, 2.75) is 0 Å². The second kappa shape index (κ2) is 6.84. The van der Waals surface area contributed by atoms with E-state index in [9.17, 15) is 0 Å². The largest absolute Gasteiger partial charge is 0.352 e. The van der Waals surface area contributed by atoms with Gasteiger partial charge in [-0.1, -0.05) is 0 Å². The van der Waals surface area contributed by atoms with Crippen LogP contribution in [0.5, 0.6) is 0 Å². The number of hydrogen-bond donors (Lipinski definition) is 0. The normalized spacial score (nSPS) is 14.6. The van der Waals surface area contributed by atoms with E-state index in [4.69, 9.17) is 4.98 Å². The van der Waals surface area contributed by atoms with E-state index in [1.807, 2.05) is 31.6 Å². The highest BCUT2D eigenvalue weighted by molar-refractivity contribution is 5.86. The highest BCUT2D eigenvalue weighted by Gasteiger charge is 2.21. The van der Waals surface area contributed by atoms with Crippen molar-refractivity contribution in [3.05, 3.63) is 49.4 Å². The Labute approximate surface area is 161 Å². The molecule has 0 radical (unpaired) electrons. The molecule has 1 aliphatic rings. The van der Waals surface area contributed by atoms with Gasteiger partial charge in [-0.2, -0.15) is 5.10 Å². The summed E-state index contributed by atoms with van der Waals surface area (Å²) in [5.74, 6) is 1.82. The van der Waals surface area contributed by atoms with Crippen LogP contribution in [-0.2, 0) is 7.05 Å². The summed E-state index contributed by atoms with van der Waals surface area (Å²) in [5, 5.41) is 5.20. The number of rotatable bonds is 3. The van der Waals surface area contributed by atoms with Gasteiger partial charge in [-0.3, -0.25) is 9.67 Å². The summed E-state index contributed by atoms with van der Waals surface area (Å²) in [5.41, 5.74) is 2.53. The van der Waals surface area contributed by atoms with E-state index in [-0.39, 0.29) is 0 Å². The van der Waals surface area contributed by atoms with Crippen LogP contribution in [0.1, 0.15) is 0 Å². The molecule has 0 spiro atoms. The van der Waals surface area contributed by atoms with Crippen LogP contribution in [0.25, 0.3) is 22.3 Å². The summed E-state index contributed by atoms with van der Waals surface area (Å²) < 4.78 is 1.77. The minimum Gasteiger partial charge on any atom is -0.352 e. The molecular weight excluding hydrogens is 354 g/mol. The number of fused-ring (bicyclic) bond motifs is 1. The maximum absolute atomic E-state index is 4.78. The molecule has 0 bridgehead atoms. The molecule has 5 rings (SSSR count). The zero-order chi connectivity index (χ0) is 18.9. The van der Waals surface area contributed by atoms with E-state index >= 15 is 0 Å². The van der Waals surface area contributed by atoms with Crippen LogP contribution < -0.4 is 9.80 Å². The third kappa shape index (κ3) is 3.00. The zero-order valence-electron chi connectivity index (χ0n) is 15.5. The molecule has 1 saturated heterocycles. The van der Waals surface area contributed by atoms with Gasteiger partial charge in [0.1, 0.15) is 18.0 Å². The first-order valence-electron chi connectivity index (χ1n) is 9.14. The average Bonchev–Trinajstić information content (AvgIpc) is 3.20. The average molecular weight is 373 g/mol. The molecule has 9 nitrogen and oxygen atoms in total. The van der Waals surface area contributed by atoms with Crippen LogP contribution in [0.15, 0.2) is 49.4 Å². The Morgan fingerprint density at radius 1 is 0.929 bits per heavy atom. The van der Waals surface area contributed by atoms with E-state index in [2.05, 4.69) is 34.8 Å². The van der Waals surface area contributed by atoms with E-state index < -0.39 is 0 Å². The van der Waals surface area contributed by atoms with Crippen molar-refractivity contribution in [1.29, 1.82) is 0 Å². The van der Waals surface area contributed by atoms with Gasteiger partial charge in [0, 0.05) is 51.2 Å². The van der Waals surface area contributed by atoms with Gasteiger partial charge in [-0.05, 0) is 12.1 Å². The van der Waals surface area contributed by atoms with Crippen LogP contribution in [0.3, 0.4) is 0 Å². The van der Waals surface area contributed by atoms with Gasteiger partial charge in [-0.25, -0.2) is 19.9 Å². The standard InChI is InChI=1S/C19H19N9/c1-26-12-14(9-24-26)16-10-20-11-17(25-16)27-5-7-28(8-6-27)19-15-3-2-4-21-18(15)22-13-23-19/h2-4,9-13H,5-8H2,1H3. The van der Waals surface area contributed by atoms with Gasteiger partial charge in [0.25, 0.3) is 0 Å². The van der Waals surface area contributed by atoms with E-state index in [0.717, 1.165) is 60.1 Å². The molecule has 4 aromatic rings. The lowest BCUT2D eigenvalue weighted by atomic mass is 10.2. The number of hydrogen-bond acceptors (Lipinski definition) is 8. The summed E-state index contributed by atoms with van der Waals surface area (Å²) in [4.78, 5) is 26.8. The SMILES string of the molecule is Cn1cc(-c2cncc(N3CCN(c4ncnc5ncccc45)CC3)n2)cn1. The van der Waals surface area contributed by atoms with Gasteiger partial charge >= 0.3 is 0 Å². The summed E-state index contributed by atoms with van der Waals surface area (Å²) in [6.07, 6.45) is 10.7. The molecule has 140 valence electrons. The predicted molar refractivity (Wildman–Crippen MR) is 106 cm³/mol. The minimum atomic E-state index is 0.727. The Morgan fingerprint density at radius 2 is 1.79 bits per heavy atom. The van der Waals surface area contributed by atoms with Crippen LogP contribution in [0.2, 0.25) is 0 Å². The van der Waals surface area contributed by atoms with Crippen molar-refractivity contribution < 1.29 is 0 Å². The maximum Gasteiger partial charge on any atom is 0.164 e. The van der Waals surface area contributed by atoms with Gasteiger partial charge in [0.05, 0.1) is 29.7 Å². The fraction of sp³-hybridized carbons (Fsp3) is 0.263. The van der Waals surface area contributed by atoms with Crippen LogP contribution >= 0.6 is 0 Å². The highest BCUT2D eigenvalue weighted by atomic mass is 15.3. The second-order valence-electron chi connectivity index (χ2n) is 6.71. The molecule has 0 aromatic carbocycles. The molecule has 0 aliphatic carbocycles. The number of pyridine rings is 1. The molecule has 0 N–H and O–H groups in total. The lowest BCUT2D eigenvalue weighted by Gasteiger charge is -2.36. The van der Waals surface area contributed by atoms with Gasteiger partial charge in [-0.15, -0.1) is 0 Å². The number of aryl methyl sites for hydroxylation is 1. The van der Waals surface area contributed by atoms with Crippen molar-refractivity contribution in [1.82, 2.24) is 34.7 Å². The highest BCUT2D eigenvalue weighted by Crippen LogP contribution is 2.24. The van der Waals surface area contributed by atoms with Crippen LogP contribution in [-0.4, -0.2) is 60.9 Å². The lowest BCUT2D eigenvalue weighted by Crippen LogP contribution is -2.47. The van der Waals surface area contributed by atoms with Crippen molar-refractivity contribution in [3.8, 4) is 11.3 Å². The summed E-state index contributed by atoms with van der Waals surface area (Å²) in [6, 6.07) is 3.94. The van der Waals surface area contributed by atoms with Crippen molar-refractivity contribution in [2.24, 2.45) is 7.05 Å². The Hall–Kier alpha value is -3.62. The number of piperazine rings is 1. The second-order valence-corrected chi connectivity index (χ2v) is 6.71. The molecule has 4 aromatic heterocycles. The van der Waals surface area contributed by atoms with Gasteiger partial charge in [0.2, 0.25) is 0 Å². The molecule has 0 atom stereocenters. The Bertz CT molecular complexity index is 1110. The summed E-state index contributed by atoms with van der Waals surface area (Å²) in [6.45, 7) is 3.38. The quantitative estimate of drug-likeness (QED) is 0.534. The van der Waals surface area contributed by atoms with Crippen molar-refractivity contribution in [2.75, 3.05) is 36.0 Å². The van der Waals surface area contributed by atoms with E-state index in [1.54, 1.807) is 29.6 Å². The fourth-order valence-corrected chi connectivity index (χ4v) is 3.48.